The summed E-state index contributed by atoms with van der Waals surface area (Å²) in [7, 11) is 3.58. The second-order valence-electron chi connectivity index (χ2n) is 6.95. The molecule has 0 saturated heterocycles. The molecule has 3 aromatic rings. The SMILES string of the molecule is COc1ccc(CCCc2nnc(SCC(=O)Nc3ccc(F)cc3)n2C)c(C)c1. The van der Waals surface area contributed by atoms with Crippen molar-refractivity contribution in [2.45, 2.75) is 31.3 Å². The number of nitrogens with one attached hydrogen (secondary N) is 1. The van der Waals surface area contributed by atoms with Crippen LogP contribution in [0.25, 0.3) is 0 Å². The number of hydrogen-bond acceptors (Lipinski definition) is 5. The Hall–Kier alpha value is -2.87. The Balaban J connectivity index is 1.48. The van der Waals surface area contributed by atoms with Gasteiger partial charge in [0.2, 0.25) is 5.91 Å². The quantitative estimate of drug-likeness (QED) is 0.518. The number of carbonyl (C=O) groups is 1. The number of rotatable bonds is 9. The van der Waals surface area contributed by atoms with E-state index in [-0.39, 0.29) is 17.5 Å². The van der Waals surface area contributed by atoms with Crippen LogP contribution in [-0.2, 0) is 24.7 Å². The van der Waals surface area contributed by atoms with E-state index in [1.54, 1.807) is 7.11 Å². The molecule has 0 spiro atoms. The van der Waals surface area contributed by atoms with Crippen molar-refractivity contribution in [3.8, 4) is 5.75 Å². The topological polar surface area (TPSA) is 69.0 Å². The molecule has 0 atom stereocenters. The third kappa shape index (κ3) is 5.82. The summed E-state index contributed by atoms with van der Waals surface area (Å²) in [5.41, 5.74) is 3.08. The van der Waals surface area contributed by atoms with E-state index >= 15 is 0 Å². The molecule has 0 aliphatic carbocycles. The van der Waals surface area contributed by atoms with Gasteiger partial charge < -0.3 is 14.6 Å². The van der Waals surface area contributed by atoms with Gasteiger partial charge >= 0.3 is 0 Å². The number of aryl methyl sites for hydroxylation is 3. The molecule has 8 heteroatoms. The van der Waals surface area contributed by atoms with E-state index in [0.29, 0.717) is 10.8 Å². The summed E-state index contributed by atoms with van der Waals surface area (Å²) in [4.78, 5) is 12.1. The molecule has 1 amide bonds. The predicted molar refractivity (Wildman–Crippen MR) is 117 cm³/mol. The zero-order valence-electron chi connectivity index (χ0n) is 17.3. The van der Waals surface area contributed by atoms with Crippen molar-refractivity contribution in [3.63, 3.8) is 0 Å². The Kier molecular flexibility index (Phi) is 7.46. The number of benzene rings is 2. The minimum Gasteiger partial charge on any atom is -0.497 e. The highest BCUT2D eigenvalue weighted by atomic mass is 32.2. The number of thioether (sulfide) groups is 1. The minimum absolute atomic E-state index is 0.175. The molecule has 0 aliphatic heterocycles. The number of nitrogens with zero attached hydrogens (tertiary/aromatic N) is 3. The second-order valence-corrected chi connectivity index (χ2v) is 7.89. The van der Waals surface area contributed by atoms with Crippen LogP contribution < -0.4 is 10.1 Å². The van der Waals surface area contributed by atoms with Gasteiger partial charge in [0, 0.05) is 19.2 Å². The largest absolute Gasteiger partial charge is 0.497 e. The van der Waals surface area contributed by atoms with Crippen molar-refractivity contribution in [2.75, 3.05) is 18.2 Å². The van der Waals surface area contributed by atoms with E-state index in [1.165, 1.54) is 47.2 Å². The first-order chi connectivity index (χ1) is 14.5. The van der Waals surface area contributed by atoms with Crippen molar-refractivity contribution in [1.29, 1.82) is 0 Å². The van der Waals surface area contributed by atoms with Crippen LogP contribution >= 0.6 is 11.8 Å². The van der Waals surface area contributed by atoms with E-state index in [9.17, 15) is 9.18 Å². The fourth-order valence-electron chi connectivity index (χ4n) is 3.06. The molecule has 0 saturated carbocycles. The number of ether oxygens (including phenoxy) is 1. The molecule has 6 nitrogen and oxygen atoms in total. The van der Waals surface area contributed by atoms with Gasteiger partial charge in [-0.1, -0.05) is 17.8 Å². The maximum atomic E-state index is 12.9. The summed E-state index contributed by atoms with van der Waals surface area (Å²) in [6.45, 7) is 2.09. The van der Waals surface area contributed by atoms with Gasteiger partial charge in [-0.15, -0.1) is 10.2 Å². The molecule has 158 valence electrons. The van der Waals surface area contributed by atoms with Crippen molar-refractivity contribution < 1.29 is 13.9 Å². The number of halogens is 1. The number of carbonyl (C=O) groups excluding carboxylic acids is 1. The maximum Gasteiger partial charge on any atom is 0.234 e. The van der Waals surface area contributed by atoms with Crippen LogP contribution in [-0.4, -0.2) is 33.5 Å². The summed E-state index contributed by atoms with van der Waals surface area (Å²) >= 11 is 1.32. The lowest BCUT2D eigenvalue weighted by molar-refractivity contribution is -0.113. The summed E-state index contributed by atoms with van der Waals surface area (Å²) in [6, 6.07) is 11.8. The van der Waals surface area contributed by atoms with Crippen molar-refractivity contribution in [2.24, 2.45) is 7.05 Å². The Morgan fingerprint density at radius 2 is 1.93 bits per heavy atom. The average molecular weight is 429 g/mol. The van der Waals surface area contributed by atoms with Gasteiger partial charge in [0.05, 0.1) is 12.9 Å². The molecule has 2 aromatic carbocycles. The summed E-state index contributed by atoms with van der Waals surface area (Å²) in [6.07, 6.45) is 2.71. The zero-order valence-corrected chi connectivity index (χ0v) is 18.1. The maximum absolute atomic E-state index is 12.9. The lowest BCUT2D eigenvalue weighted by Gasteiger charge is -2.08. The van der Waals surface area contributed by atoms with Gasteiger partial charge in [-0.3, -0.25) is 4.79 Å². The molecule has 3 rings (SSSR count). The van der Waals surface area contributed by atoms with Crippen molar-refractivity contribution in [1.82, 2.24) is 14.8 Å². The molecular weight excluding hydrogens is 403 g/mol. The Morgan fingerprint density at radius 1 is 1.17 bits per heavy atom. The van der Waals surface area contributed by atoms with Gasteiger partial charge in [-0.25, -0.2) is 4.39 Å². The van der Waals surface area contributed by atoms with Gasteiger partial charge in [-0.05, 0) is 67.3 Å². The Morgan fingerprint density at radius 3 is 2.63 bits per heavy atom. The molecule has 0 unspecified atom stereocenters. The molecule has 30 heavy (non-hydrogen) atoms. The lowest BCUT2D eigenvalue weighted by atomic mass is 10.0. The normalized spacial score (nSPS) is 10.8. The molecule has 0 aliphatic rings. The van der Waals surface area contributed by atoms with Crippen LogP contribution in [0.5, 0.6) is 5.75 Å². The molecule has 1 aromatic heterocycles. The molecular formula is C22H25FN4O2S. The standard InChI is InChI=1S/C22H25FN4O2S/c1-15-13-19(29-3)12-7-16(15)5-4-6-20-25-26-22(27(20)2)30-14-21(28)24-18-10-8-17(23)9-11-18/h7-13H,4-6,14H2,1-3H3,(H,24,28). The first-order valence-electron chi connectivity index (χ1n) is 9.66. The third-order valence-electron chi connectivity index (χ3n) is 4.78. The van der Waals surface area contributed by atoms with E-state index in [1.807, 2.05) is 23.7 Å². The second kappa shape index (κ2) is 10.2. The number of anilines is 1. The first kappa shape index (κ1) is 21.8. The fraction of sp³-hybridized carbons (Fsp3) is 0.318. The molecule has 0 fully saturated rings. The van der Waals surface area contributed by atoms with Crippen LogP contribution in [0, 0.1) is 12.7 Å². The Labute approximate surface area is 179 Å². The van der Waals surface area contributed by atoms with Gasteiger partial charge in [0.1, 0.15) is 17.4 Å². The summed E-state index contributed by atoms with van der Waals surface area (Å²) < 4.78 is 20.1. The number of methoxy groups -OCH3 is 1. The van der Waals surface area contributed by atoms with Crippen molar-refractivity contribution in [3.05, 3.63) is 65.2 Å². The highest BCUT2D eigenvalue weighted by Gasteiger charge is 2.12. The lowest BCUT2D eigenvalue weighted by Crippen LogP contribution is -2.14. The summed E-state index contributed by atoms with van der Waals surface area (Å²) in [5.74, 6) is 1.45. The highest BCUT2D eigenvalue weighted by Crippen LogP contribution is 2.20. The number of amides is 1. The molecule has 0 radical (unpaired) electrons. The fourth-order valence-corrected chi connectivity index (χ4v) is 3.79. The third-order valence-corrected chi connectivity index (χ3v) is 5.80. The van der Waals surface area contributed by atoms with Gasteiger partial charge in [0.15, 0.2) is 5.16 Å². The van der Waals surface area contributed by atoms with Crippen LogP contribution in [0.1, 0.15) is 23.4 Å². The van der Waals surface area contributed by atoms with E-state index in [4.69, 9.17) is 4.74 Å². The zero-order chi connectivity index (χ0) is 21.5. The van der Waals surface area contributed by atoms with E-state index in [2.05, 4.69) is 28.5 Å². The van der Waals surface area contributed by atoms with Crippen LogP contribution in [0.4, 0.5) is 10.1 Å². The first-order valence-corrected chi connectivity index (χ1v) is 10.6. The minimum atomic E-state index is -0.337. The molecule has 0 bridgehead atoms. The molecule has 1 N–H and O–H groups in total. The smallest absolute Gasteiger partial charge is 0.234 e. The molecule has 1 heterocycles. The van der Waals surface area contributed by atoms with Crippen molar-refractivity contribution >= 4 is 23.4 Å². The average Bonchev–Trinajstić information content (AvgIpc) is 3.09. The Bertz CT molecular complexity index is 1000. The van der Waals surface area contributed by atoms with Gasteiger partial charge in [0.25, 0.3) is 0 Å². The number of aromatic nitrogens is 3. The van der Waals surface area contributed by atoms with Crippen LogP contribution in [0.15, 0.2) is 47.6 Å². The predicted octanol–water partition coefficient (Wildman–Crippen LogP) is 4.18. The highest BCUT2D eigenvalue weighted by molar-refractivity contribution is 7.99. The van der Waals surface area contributed by atoms with E-state index in [0.717, 1.165) is 30.8 Å². The number of hydrogen-bond donors (Lipinski definition) is 1. The monoisotopic (exact) mass is 428 g/mol. The summed E-state index contributed by atoms with van der Waals surface area (Å²) in [5, 5.41) is 11.9. The van der Waals surface area contributed by atoms with Crippen LogP contribution in [0.2, 0.25) is 0 Å². The van der Waals surface area contributed by atoms with Gasteiger partial charge in [-0.2, -0.15) is 0 Å². The van der Waals surface area contributed by atoms with Crippen LogP contribution in [0.3, 0.4) is 0 Å². The van der Waals surface area contributed by atoms with E-state index < -0.39 is 0 Å².